The van der Waals surface area contributed by atoms with E-state index < -0.39 is 15.1 Å². The first kappa shape index (κ1) is 17.9. The van der Waals surface area contributed by atoms with Crippen LogP contribution in [0.2, 0.25) is 0 Å². The number of hydrogen-bond acceptors (Lipinski definition) is 6. The Bertz CT molecular complexity index is 865. The fraction of sp³-hybridized carbons (Fsp3) is 0.438. The average molecular weight is 380 g/mol. The van der Waals surface area contributed by atoms with Gasteiger partial charge in [-0.3, -0.25) is 4.79 Å². The molecular formula is C16H20N4O3S2. The molecule has 0 radical (unpaired) electrons. The summed E-state index contributed by atoms with van der Waals surface area (Å²) in [5.41, 5.74) is 0.956. The van der Waals surface area contributed by atoms with E-state index in [1.165, 1.54) is 11.8 Å². The standard InChI is InChI=1S/C16H20N4O3S2/c1-11(15(21)17-13-8-9-25(22,23)10-13)24-16-19-18-14(20(16)2)12-6-4-3-5-7-12/h3-7,11,13H,8-10H2,1-2H3,(H,17,21)/t11-,13+/m0/s1. The molecular weight excluding hydrogens is 360 g/mol. The second-order valence-corrected chi connectivity index (χ2v) is 9.64. The Balaban J connectivity index is 1.64. The molecule has 0 unspecified atom stereocenters. The summed E-state index contributed by atoms with van der Waals surface area (Å²) in [4.78, 5) is 12.3. The number of amides is 1. The van der Waals surface area contributed by atoms with Gasteiger partial charge in [0.25, 0.3) is 0 Å². The van der Waals surface area contributed by atoms with E-state index in [1.54, 1.807) is 6.92 Å². The van der Waals surface area contributed by atoms with Gasteiger partial charge in [0.2, 0.25) is 5.91 Å². The van der Waals surface area contributed by atoms with Crippen LogP contribution in [0.3, 0.4) is 0 Å². The minimum atomic E-state index is -3.01. The van der Waals surface area contributed by atoms with Gasteiger partial charge in [-0.25, -0.2) is 8.42 Å². The predicted molar refractivity (Wildman–Crippen MR) is 97.0 cm³/mol. The molecule has 9 heteroatoms. The fourth-order valence-corrected chi connectivity index (χ4v) is 5.19. The summed E-state index contributed by atoms with van der Waals surface area (Å²) in [5.74, 6) is 0.718. The first-order valence-electron chi connectivity index (χ1n) is 7.98. The third-order valence-electron chi connectivity index (χ3n) is 4.10. The molecule has 2 atom stereocenters. The molecule has 1 aromatic carbocycles. The third-order valence-corrected chi connectivity index (χ3v) is 7.00. The molecule has 0 spiro atoms. The van der Waals surface area contributed by atoms with Crippen molar-refractivity contribution in [2.24, 2.45) is 7.05 Å². The van der Waals surface area contributed by atoms with E-state index in [-0.39, 0.29) is 23.5 Å². The first-order valence-corrected chi connectivity index (χ1v) is 10.7. The molecule has 134 valence electrons. The summed E-state index contributed by atoms with van der Waals surface area (Å²) in [6, 6.07) is 9.42. The van der Waals surface area contributed by atoms with Crippen molar-refractivity contribution in [2.75, 3.05) is 11.5 Å². The molecule has 2 aromatic rings. The van der Waals surface area contributed by atoms with Gasteiger partial charge in [-0.15, -0.1) is 10.2 Å². The smallest absolute Gasteiger partial charge is 0.233 e. The number of sulfone groups is 1. The number of benzene rings is 1. The van der Waals surface area contributed by atoms with E-state index in [4.69, 9.17) is 0 Å². The highest BCUT2D eigenvalue weighted by Gasteiger charge is 2.30. The topological polar surface area (TPSA) is 93.9 Å². The molecule has 0 saturated carbocycles. The molecule has 1 amide bonds. The van der Waals surface area contributed by atoms with Crippen molar-refractivity contribution in [1.82, 2.24) is 20.1 Å². The van der Waals surface area contributed by atoms with Crippen molar-refractivity contribution in [3.8, 4) is 11.4 Å². The number of rotatable bonds is 5. The van der Waals surface area contributed by atoms with Gasteiger partial charge in [-0.05, 0) is 13.3 Å². The number of aromatic nitrogens is 3. The van der Waals surface area contributed by atoms with Crippen molar-refractivity contribution >= 4 is 27.5 Å². The molecule has 1 N–H and O–H groups in total. The maximum atomic E-state index is 12.3. The number of carbonyl (C=O) groups is 1. The molecule has 1 aliphatic rings. The van der Waals surface area contributed by atoms with Gasteiger partial charge in [0.05, 0.1) is 16.8 Å². The molecule has 0 bridgehead atoms. The molecule has 1 fully saturated rings. The number of carbonyl (C=O) groups excluding carboxylic acids is 1. The van der Waals surface area contributed by atoms with Crippen LogP contribution in [0.4, 0.5) is 0 Å². The minimum absolute atomic E-state index is 0.0260. The highest BCUT2D eigenvalue weighted by Crippen LogP contribution is 2.25. The van der Waals surface area contributed by atoms with Crippen LogP contribution in [0.5, 0.6) is 0 Å². The maximum Gasteiger partial charge on any atom is 0.233 e. The summed E-state index contributed by atoms with van der Waals surface area (Å²) in [6.07, 6.45) is 0.480. The van der Waals surface area contributed by atoms with Crippen molar-refractivity contribution in [2.45, 2.75) is 29.8 Å². The summed E-state index contributed by atoms with van der Waals surface area (Å²) < 4.78 is 24.8. The largest absolute Gasteiger partial charge is 0.351 e. The van der Waals surface area contributed by atoms with E-state index in [9.17, 15) is 13.2 Å². The lowest BCUT2D eigenvalue weighted by Gasteiger charge is -2.15. The minimum Gasteiger partial charge on any atom is -0.351 e. The van der Waals surface area contributed by atoms with Crippen LogP contribution in [0.15, 0.2) is 35.5 Å². The zero-order chi connectivity index (χ0) is 18.0. The van der Waals surface area contributed by atoms with Crippen molar-refractivity contribution < 1.29 is 13.2 Å². The highest BCUT2D eigenvalue weighted by molar-refractivity contribution is 8.00. The van der Waals surface area contributed by atoms with E-state index in [1.807, 2.05) is 41.9 Å². The van der Waals surface area contributed by atoms with Crippen molar-refractivity contribution in [3.63, 3.8) is 0 Å². The molecule has 2 heterocycles. The zero-order valence-electron chi connectivity index (χ0n) is 14.0. The second kappa shape index (κ2) is 7.17. The number of nitrogens with zero attached hydrogens (tertiary/aromatic N) is 3. The van der Waals surface area contributed by atoms with Crippen LogP contribution in [0.1, 0.15) is 13.3 Å². The summed E-state index contributed by atoms with van der Waals surface area (Å²) in [5, 5.41) is 11.4. The van der Waals surface area contributed by atoms with Crippen LogP contribution in [-0.4, -0.2) is 51.9 Å². The molecule has 0 aliphatic carbocycles. The summed E-state index contributed by atoms with van der Waals surface area (Å²) in [6.45, 7) is 1.78. The Labute approximate surface area is 151 Å². The molecule has 1 aromatic heterocycles. The maximum absolute atomic E-state index is 12.3. The first-order chi connectivity index (χ1) is 11.9. The SMILES string of the molecule is C[C@H](Sc1nnc(-c2ccccc2)n1C)C(=O)N[C@@H]1CCS(=O)(=O)C1. The Morgan fingerprint density at radius 1 is 1.32 bits per heavy atom. The Morgan fingerprint density at radius 2 is 2.04 bits per heavy atom. The number of nitrogens with one attached hydrogen (secondary N) is 1. The predicted octanol–water partition coefficient (Wildman–Crippen LogP) is 1.27. The van der Waals surface area contributed by atoms with Crippen LogP contribution < -0.4 is 5.32 Å². The van der Waals surface area contributed by atoms with Gasteiger partial charge in [0, 0.05) is 18.7 Å². The Kier molecular flexibility index (Phi) is 5.14. The lowest BCUT2D eigenvalue weighted by atomic mass is 10.2. The van der Waals surface area contributed by atoms with Gasteiger partial charge >= 0.3 is 0 Å². The molecule has 3 rings (SSSR count). The van der Waals surface area contributed by atoms with Gasteiger partial charge in [0.1, 0.15) is 0 Å². The van der Waals surface area contributed by atoms with Gasteiger partial charge in [0.15, 0.2) is 20.8 Å². The fourth-order valence-electron chi connectivity index (χ4n) is 2.70. The van der Waals surface area contributed by atoms with Crippen molar-refractivity contribution in [3.05, 3.63) is 30.3 Å². The Hall–Kier alpha value is -1.87. The van der Waals surface area contributed by atoms with Crippen LogP contribution in [0.25, 0.3) is 11.4 Å². The molecule has 25 heavy (non-hydrogen) atoms. The van der Waals surface area contributed by atoms with Gasteiger partial charge in [-0.2, -0.15) is 0 Å². The van der Waals surface area contributed by atoms with E-state index in [0.717, 1.165) is 11.4 Å². The lowest BCUT2D eigenvalue weighted by molar-refractivity contribution is -0.120. The van der Waals surface area contributed by atoms with Gasteiger partial charge < -0.3 is 9.88 Å². The van der Waals surface area contributed by atoms with E-state index >= 15 is 0 Å². The van der Waals surface area contributed by atoms with Crippen LogP contribution in [0, 0.1) is 0 Å². The van der Waals surface area contributed by atoms with Crippen molar-refractivity contribution in [1.29, 1.82) is 0 Å². The summed E-state index contributed by atoms with van der Waals surface area (Å²) >= 11 is 1.30. The molecule has 1 aliphatic heterocycles. The van der Waals surface area contributed by atoms with Gasteiger partial charge in [-0.1, -0.05) is 42.1 Å². The molecule has 1 saturated heterocycles. The van der Waals surface area contributed by atoms with Crippen LogP contribution in [-0.2, 0) is 21.7 Å². The van der Waals surface area contributed by atoms with E-state index in [0.29, 0.717) is 11.6 Å². The lowest BCUT2D eigenvalue weighted by Crippen LogP contribution is -2.40. The highest BCUT2D eigenvalue weighted by atomic mass is 32.2. The van der Waals surface area contributed by atoms with Crippen LogP contribution >= 0.6 is 11.8 Å². The van der Waals surface area contributed by atoms with E-state index in [2.05, 4.69) is 15.5 Å². The second-order valence-electron chi connectivity index (χ2n) is 6.10. The number of thioether (sulfide) groups is 1. The number of hydrogen-bond donors (Lipinski definition) is 1. The molecule has 7 nitrogen and oxygen atoms in total. The summed E-state index contributed by atoms with van der Waals surface area (Å²) in [7, 11) is -1.15. The quantitative estimate of drug-likeness (QED) is 0.785. The average Bonchev–Trinajstić information content (AvgIpc) is 3.11. The Morgan fingerprint density at radius 3 is 2.68 bits per heavy atom. The zero-order valence-corrected chi connectivity index (χ0v) is 15.7. The normalized spacial score (nSPS) is 20.3. The third kappa shape index (κ3) is 4.21. The monoisotopic (exact) mass is 380 g/mol.